The van der Waals surface area contributed by atoms with Gasteiger partial charge in [-0.25, -0.2) is 4.79 Å². The molecule has 1 aromatic heterocycles. The number of carbonyl (C=O) groups is 1. The molecule has 0 saturated heterocycles. The van der Waals surface area contributed by atoms with Crippen molar-refractivity contribution in [2.75, 3.05) is 27.3 Å². The Kier molecular flexibility index (Phi) is 5.89. The van der Waals surface area contributed by atoms with Crippen LogP contribution in [0.1, 0.15) is 43.4 Å². The van der Waals surface area contributed by atoms with Gasteiger partial charge >= 0.3 is 5.63 Å². The lowest BCUT2D eigenvalue weighted by atomic mass is 9.91. The van der Waals surface area contributed by atoms with Gasteiger partial charge in [-0.15, -0.1) is 0 Å². The second-order valence-electron chi connectivity index (χ2n) is 8.15. The number of aryl methyl sites for hydroxylation is 2. The Labute approximate surface area is 170 Å². The summed E-state index contributed by atoms with van der Waals surface area (Å²) in [4.78, 5) is 26.4. The van der Waals surface area contributed by atoms with Crippen LogP contribution in [0.5, 0.6) is 11.5 Å². The summed E-state index contributed by atoms with van der Waals surface area (Å²) >= 11 is 0. The summed E-state index contributed by atoms with van der Waals surface area (Å²) in [5.41, 5.74) is 1.89. The fraction of sp³-hybridized carbons (Fsp3) is 0.545. The predicted molar refractivity (Wildman–Crippen MR) is 110 cm³/mol. The van der Waals surface area contributed by atoms with Crippen LogP contribution >= 0.6 is 0 Å². The third-order valence-electron chi connectivity index (χ3n) is 5.61. The van der Waals surface area contributed by atoms with Gasteiger partial charge in [-0.3, -0.25) is 4.79 Å². The highest BCUT2D eigenvalue weighted by Gasteiger charge is 2.31. The Balaban J connectivity index is 2.05. The lowest BCUT2D eigenvalue weighted by Gasteiger charge is -2.33. The fourth-order valence-corrected chi connectivity index (χ4v) is 3.83. The van der Waals surface area contributed by atoms with Crippen LogP contribution < -0.4 is 15.1 Å². The lowest BCUT2D eigenvalue weighted by molar-refractivity contribution is -0.130. The number of rotatable bonds is 6. The zero-order valence-electron chi connectivity index (χ0n) is 17.8. The Morgan fingerprint density at radius 2 is 2.10 bits per heavy atom. The van der Waals surface area contributed by atoms with Crippen LogP contribution in [0.25, 0.3) is 11.0 Å². The molecule has 0 radical (unpaired) electrons. The molecule has 3 rings (SSSR count). The largest absolute Gasteiger partial charge is 0.496 e. The molecule has 7 nitrogen and oxygen atoms in total. The molecule has 1 amide bonds. The average molecular weight is 403 g/mol. The normalized spacial score (nSPS) is 15.0. The first-order valence-corrected chi connectivity index (χ1v) is 9.88. The standard InChI is InChI=1S/C22H29NO6/c1-13-14(6-7-18(25)23(4)10-11-24)21(26)28-20-15-8-9-22(2,3)29-16(15)12-17(27-5)19(13)20/h12,24H,6-11H2,1-5H3. The van der Waals surface area contributed by atoms with Crippen molar-refractivity contribution in [3.63, 3.8) is 0 Å². The topological polar surface area (TPSA) is 89.2 Å². The average Bonchev–Trinajstić information content (AvgIpc) is 2.65. The SMILES string of the molecule is COc1cc2c(c3oc(=O)c(CCC(=O)N(C)CCO)c(C)c13)CCC(C)(C)O2. The number of amides is 1. The van der Waals surface area contributed by atoms with E-state index in [0.717, 1.165) is 29.4 Å². The minimum absolute atomic E-state index is 0.0967. The lowest BCUT2D eigenvalue weighted by Crippen LogP contribution is -2.32. The maximum Gasteiger partial charge on any atom is 0.339 e. The van der Waals surface area contributed by atoms with Gasteiger partial charge in [0.1, 0.15) is 22.7 Å². The number of aliphatic hydroxyl groups excluding tert-OH is 1. The molecule has 0 fully saturated rings. The third kappa shape index (κ3) is 4.10. The molecular formula is C22H29NO6. The number of hydrogen-bond acceptors (Lipinski definition) is 6. The number of fused-ring (bicyclic) bond motifs is 3. The number of aliphatic hydroxyl groups is 1. The Hall–Kier alpha value is -2.54. The molecule has 2 aromatic rings. The number of likely N-dealkylation sites (N-methyl/N-ethyl adjacent to an activating group) is 1. The van der Waals surface area contributed by atoms with Crippen LogP contribution in [-0.4, -0.2) is 48.8 Å². The van der Waals surface area contributed by atoms with E-state index in [2.05, 4.69) is 0 Å². The number of benzene rings is 1. The van der Waals surface area contributed by atoms with Crippen LogP contribution in [0.2, 0.25) is 0 Å². The quantitative estimate of drug-likeness (QED) is 0.746. The van der Waals surface area contributed by atoms with Gasteiger partial charge in [0.15, 0.2) is 0 Å². The van der Waals surface area contributed by atoms with E-state index in [1.165, 1.54) is 4.90 Å². The van der Waals surface area contributed by atoms with Crippen LogP contribution in [0.15, 0.2) is 15.3 Å². The molecule has 2 heterocycles. The molecule has 0 unspecified atom stereocenters. The molecular weight excluding hydrogens is 374 g/mol. The first-order chi connectivity index (χ1) is 13.7. The Morgan fingerprint density at radius 1 is 1.38 bits per heavy atom. The number of methoxy groups -OCH3 is 1. The van der Waals surface area contributed by atoms with Gasteiger partial charge in [0.25, 0.3) is 0 Å². The Bertz CT molecular complexity index is 991. The van der Waals surface area contributed by atoms with Gasteiger partial charge in [0.2, 0.25) is 5.91 Å². The maximum absolute atomic E-state index is 12.8. The highest BCUT2D eigenvalue weighted by atomic mass is 16.5. The predicted octanol–water partition coefficient (Wildman–Crippen LogP) is 2.60. The summed E-state index contributed by atoms with van der Waals surface area (Å²) in [5, 5.41) is 9.73. The smallest absolute Gasteiger partial charge is 0.339 e. The Morgan fingerprint density at radius 3 is 2.76 bits per heavy atom. The number of ether oxygens (including phenoxy) is 2. The van der Waals surface area contributed by atoms with E-state index in [-0.39, 0.29) is 37.5 Å². The van der Waals surface area contributed by atoms with Crippen molar-refractivity contribution < 1.29 is 23.8 Å². The summed E-state index contributed by atoms with van der Waals surface area (Å²) in [6.45, 7) is 6.09. The molecule has 0 bridgehead atoms. The molecule has 1 aliphatic rings. The molecule has 0 saturated carbocycles. The molecule has 158 valence electrons. The molecule has 1 N–H and O–H groups in total. The van der Waals surface area contributed by atoms with E-state index in [4.69, 9.17) is 19.0 Å². The molecule has 7 heteroatoms. The van der Waals surface area contributed by atoms with Gasteiger partial charge < -0.3 is 23.9 Å². The summed E-state index contributed by atoms with van der Waals surface area (Å²) in [5.74, 6) is 1.13. The van der Waals surface area contributed by atoms with E-state index in [0.29, 0.717) is 22.6 Å². The number of carbonyl (C=O) groups excluding carboxylic acids is 1. The van der Waals surface area contributed by atoms with Crippen molar-refractivity contribution in [2.45, 2.75) is 52.1 Å². The molecule has 0 aliphatic carbocycles. The summed E-state index contributed by atoms with van der Waals surface area (Å²) in [6.07, 6.45) is 1.99. The van der Waals surface area contributed by atoms with Gasteiger partial charge in [-0.2, -0.15) is 0 Å². The van der Waals surface area contributed by atoms with Gasteiger partial charge in [-0.1, -0.05) is 0 Å². The van der Waals surface area contributed by atoms with Gasteiger partial charge in [0.05, 0.1) is 19.1 Å². The van der Waals surface area contributed by atoms with Crippen molar-refractivity contribution in [3.05, 3.63) is 33.2 Å². The minimum Gasteiger partial charge on any atom is -0.496 e. The maximum atomic E-state index is 12.8. The van der Waals surface area contributed by atoms with Crippen LogP contribution in [0, 0.1) is 6.92 Å². The zero-order chi connectivity index (χ0) is 21.3. The van der Waals surface area contributed by atoms with E-state index in [1.807, 2.05) is 26.8 Å². The van der Waals surface area contributed by atoms with Crippen molar-refractivity contribution in [1.82, 2.24) is 4.90 Å². The zero-order valence-corrected chi connectivity index (χ0v) is 17.8. The van der Waals surface area contributed by atoms with E-state index in [1.54, 1.807) is 14.2 Å². The van der Waals surface area contributed by atoms with Gasteiger partial charge in [0, 0.05) is 37.2 Å². The van der Waals surface area contributed by atoms with Crippen molar-refractivity contribution in [1.29, 1.82) is 0 Å². The summed E-state index contributed by atoms with van der Waals surface area (Å²) in [6, 6.07) is 1.86. The molecule has 1 aliphatic heterocycles. The first kappa shape index (κ1) is 21.2. The first-order valence-electron chi connectivity index (χ1n) is 9.88. The molecule has 1 aromatic carbocycles. The fourth-order valence-electron chi connectivity index (χ4n) is 3.83. The van der Waals surface area contributed by atoms with Crippen molar-refractivity contribution in [3.8, 4) is 11.5 Å². The van der Waals surface area contributed by atoms with Crippen LogP contribution in [0.4, 0.5) is 0 Å². The van der Waals surface area contributed by atoms with Gasteiger partial charge in [-0.05, 0) is 45.6 Å². The monoisotopic (exact) mass is 403 g/mol. The minimum atomic E-state index is -0.437. The van der Waals surface area contributed by atoms with Crippen LogP contribution in [0.3, 0.4) is 0 Å². The highest BCUT2D eigenvalue weighted by Crippen LogP contribution is 2.43. The summed E-state index contributed by atoms with van der Waals surface area (Å²) in [7, 11) is 3.21. The molecule has 29 heavy (non-hydrogen) atoms. The number of nitrogens with zero attached hydrogens (tertiary/aromatic N) is 1. The third-order valence-corrected chi connectivity index (χ3v) is 5.61. The molecule has 0 atom stereocenters. The van der Waals surface area contributed by atoms with Crippen LogP contribution in [-0.2, 0) is 17.6 Å². The van der Waals surface area contributed by atoms with E-state index in [9.17, 15) is 9.59 Å². The van der Waals surface area contributed by atoms with Crippen molar-refractivity contribution >= 4 is 16.9 Å². The number of hydrogen-bond donors (Lipinski definition) is 1. The van der Waals surface area contributed by atoms with Crippen molar-refractivity contribution in [2.24, 2.45) is 0 Å². The second kappa shape index (κ2) is 8.06. The van der Waals surface area contributed by atoms with E-state index >= 15 is 0 Å². The molecule has 0 spiro atoms. The highest BCUT2D eigenvalue weighted by molar-refractivity contribution is 5.92. The second-order valence-corrected chi connectivity index (χ2v) is 8.15. The van der Waals surface area contributed by atoms with E-state index < -0.39 is 5.63 Å². The summed E-state index contributed by atoms with van der Waals surface area (Å²) < 4.78 is 17.4.